The third-order valence-electron chi connectivity index (χ3n) is 1.96. The SMILES string of the molecule is NNC(C=O)(CCl)c1ccccc1. The topological polar surface area (TPSA) is 55.1 Å². The number of carbonyl (C=O) groups excluding carboxylic acids is 1. The molecule has 0 spiro atoms. The summed E-state index contributed by atoms with van der Waals surface area (Å²) in [7, 11) is 0. The fourth-order valence-electron chi connectivity index (χ4n) is 1.07. The molecular formula is C9H11ClN2O. The first-order valence-electron chi connectivity index (χ1n) is 3.84. The third kappa shape index (κ3) is 1.88. The molecule has 0 bridgehead atoms. The van der Waals surface area contributed by atoms with E-state index in [1.807, 2.05) is 18.2 Å². The van der Waals surface area contributed by atoms with Crippen molar-refractivity contribution in [1.29, 1.82) is 0 Å². The zero-order valence-electron chi connectivity index (χ0n) is 7.03. The highest BCUT2D eigenvalue weighted by Crippen LogP contribution is 2.18. The fraction of sp³-hybridized carbons (Fsp3) is 0.222. The molecule has 0 aliphatic carbocycles. The summed E-state index contributed by atoms with van der Waals surface area (Å²) >= 11 is 5.69. The Morgan fingerprint density at radius 2 is 2.08 bits per heavy atom. The number of hydrogen-bond acceptors (Lipinski definition) is 3. The van der Waals surface area contributed by atoms with Crippen LogP contribution < -0.4 is 11.3 Å². The maximum atomic E-state index is 10.9. The van der Waals surface area contributed by atoms with Crippen LogP contribution >= 0.6 is 11.6 Å². The summed E-state index contributed by atoms with van der Waals surface area (Å²) in [4.78, 5) is 10.9. The van der Waals surface area contributed by atoms with Crippen LogP contribution in [0.4, 0.5) is 0 Å². The Hall–Kier alpha value is -0.900. The van der Waals surface area contributed by atoms with Gasteiger partial charge in [-0.15, -0.1) is 11.6 Å². The summed E-state index contributed by atoms with van der Waals surface area (Å²) in [6.07, 6.45) is 0.718. The lowest BCUT2D eigenvalue weighted by Gasteiger charge is -2.24. The summed E-state index contributed by atoms with van der Waals surface area (Å²) in [6, 6.07) is 9.13. The number of hydrogen-bond donors (Lipinski definition) is 2. The molecule has 1 unspecified atom stereocenters. The number of benzene rings is 1. The maximum Gasteiger partial charge on any atom is 0.147 e. The number of hydrazine groups is 1. The molecule has 0 heterocycles. The van der Waals surface area contributed by atoms with Crippen molar-refractivity contribution in [2.45, 2.75) is 5.54 Å². The molecule has 0 amide bonds. The van der Waals surface area contributed by atoms with Gasteiger partial charge < -0.3 is 4.79 Å². The van der Waals surface area contributed by atoms with Crippen LogP contribution in [0.5, 0.6) is 0 Å². The zero-order chi connectivity index (χ0) is 9.73. The second kappa shape index (κ2) is 4.37. The van der Waals surface area contributed by atoms with Gasteiger partial charge in [0.1, 0.15) is 11.8 Å². The Morgan fingerprint density at radius 3 is 2.46 bits per heavy atom. The number of aldehydes is 1. The van der Waals surface area contributed by atoms with E-state index in [1.165, 1.54) is 0 Å². The van der Waals surface area contributed by atoms with Crippen LogP contribution in [0.3, 0.4) is 0 Å². The Bertz CT molecular complexity index is 272. The van der Waals surface area contributed by atoms with E-state index in [4.69, 9.17) is 17.4 Å². The number of halogens is 1. The molecule has 4 heteroatoms. The molecule has 0 radical (unpaired) electrons. The molecule has 0 saturated heterocycles. The molecule has 1 atom stereocenters. The van der Waals surface area contributed by atoms with Gasteiger partial charge >= 0.3 is 0 Å². The first-order chi connectivity index (χ1) is 6.29. The van der Waals surface area contributed by atoms with Gasteiger partial charge in [0.2, 0.25) is 0 Å². The molecule has 3 N–H and O–H groups in total. The summed E-state index contributed by atoms with van der Waals surface area (Å²) in [6.45, 7) is 0. The van der Waals surface area contributed by atoms with Gasteiger partial charge in [0, 0.05) is 0 Å². The lowest BCUT2D eigenvalue weighted by molar-refractivity contribution is -0.113. The largest absolute Gasteiger partial charge is 0.301 e. The van der Waals surface area contributed by atoms with E-state index < -0.39 is 5.54 Å². The van der Waals surface area contributed by atoms with Crippen LogP contribution in [0.15, 0.2) is 30.3 Å². The Balaban J connectivity index is 3.08. The second-order valence-electron chi connectivity index (χ2n) is 2.73. The lowest BCUT2D eigenvalue weighted by atomic mass is 9.94. The lowest BCUT2D eigenvalue weighted by Crippen LogP contribution is -2.49. The van der Waals surface area contributed by atoms with Gasteiger partial charge in [-0.05, 0) is 5.56 Å². The molecule has 0 aliphatic heterocycles. The van der Waals surface area contributed by atoms with E-state index >= 15 is 0 Å². The number of nitrogens with two attached hydrogens (primary N) is 1. The van der Waals surface area contributed by atoms with Crippen molar-refractivity contribution in [1.82, 2.24) is 5.43 Å². The molecule has 0 saturated carbocycles. The summed E-state index contributed by atoms with van der Waals surface area (Å²) in [5.74, 6) is 5.40. The van der Waals surface area contributed by atoms with Crippen LogP contribution in [-0.2, 0) is 10.3 Å². The van der Waals surface area contributed by atoms with E-state index in [1.54, 1.807) is 12.1 Å². The molecule has 1 rings (SSSR count). The normalized spacial score (nSPS) is 14.9. The van der Waals surface area contributed by atoms with Gasteiger partial charge in [0.15, 0.2) is 0 Å². The average Bonchev–Trinajstić information content (AvgIpc) is 2.23. The molecule has 1 aromatic carbocycles. The van der Waals surface area contributed by atoms with Gasteiger partial charge in [-0.1, -0.05) is 30.3 Å². The monoisotopic (exact) mass is 198 g/mol. The first-order valence-corrected chi connectivity index (χ1v) is 4.38. The number of nitrogens with one attached hydrogen (secondary N) is 1. The van der Waals surface area contributed by atoms with Crippen LogP contribution in [0.25, 0.3) is 0 Å². The van der Waals surface area contributed by atoms with Crippen molar-refractivity contribution >= 4 is 17.9 Å². The van der Waals surface area contributed by atoms with E-state index in [9.17, 15) is 4.79 Å². The molecule has 70 valence electrons. The molecule has 1 aromatic rings. The van der Waals surface area contributed by atoms with Crippen molar-refractivity contribution in [2.24, 2.45) is 5.84 Å². The second-order valence-corrected chi connectivity index (χ2v) is 3.00. The fourth-order valence-corrected chi connectivity index (χ4v) is 1.36. The highest BCUT2D eigenvalue weighted by molar-refractivity contribution is 6.19. The molecule has 0 fully saturated rings. The number of rotatable bonds is 4. The highest BCUT2D eigenvalue weighted by Gasteiger charge is 2.29. The molecule has 13 heavy (non-hydrogen) atoms. The van der Waals surface area contributed by atoms with Crippen molar-refractivity contribution in [2.75, 3.05) is 5.88 Å². The first kappa shape index (κ1) is 10.2. The predicted octanol–water partition coefficient (Wildman–Crippen LogP) is 0.783. The standard InChI is InChI=1S/C9H11ClN2O/c10-6-9(7-13,12-11)8-4-2-1-3-5-8/h1-5,7,12H,6,11H2. The van der Waals surface area contributed by atoms with E-state index in [0.717, 1.165) is 11.8 Å². The van der Waals surface area contributed by atoms with E-state index in [0.29, 0.717) is 0 Å². The average molecular weight is 199 g/mol. The van der Waals surface area contributed by atoms with Crippen LogP contribution in [0, 0.1) is 0 Å². The molecular weight excluding hydrogens is 188 g/mol. The van der Waals surface area contributed by atoms with Crippen molar-refractivity contribution in [3.63, 3.8) is 0 Å². The van der Waals surface area contributed by atoms with Crippen molar-refractivity contribution in [3.05, 3.63) is 35.9 Å². The molecule has 0 aromatic heterocycles. The minimum atomic E-state index is -0.969. The van der Waals surface area contributed by atoms with Gasteiger partial charge in [0.05, 0.1) is 5.88 Å². The summed E-state index contributed by atoms with van der Waals surface area (Å²) in [5.41, 5.74) is 2.23. The minimum absolute atomic E-state index is 0.108. The van der Waals surface area contributed by atoms with Gasteiger partial charge in [0.25, 0.3) is 0 Å². The third-order valence-corrected chi connectivity index (χ3v) is 2.38. The quantitative estimate of drug-likeness (QED) is 0.326. The number of alkyl halides is 1. The Kier molecular flexibility index (Phi) is 3.42. The van der Waals surface area contributed by atoms with E-state index in [2.05, 4.69) is 5.43 Å². The van der Waals surface area contributed by atoms with Crippen molar-refractivity contribution < 1.29 is 4.79 Å². The van der Waals surface area contributed by atoms with E-state index in [-0.39, 0.29) is 5.88 Å². The zero-order valence-corrected chi connectivity index (χ0v) is 7.79. The number of carbonyl (C=O) groups is 1. The van der Waals surface area contributed by atoms with Gasteiger partial charge in [-0.25, -0.2) is 5.43 Å². The highest BCUT2D eigenvalue weighted by atomic mass is 35.5. The van der Waals surface area contributed by atoms with Crippen LogP contribution in [0.2, 0.25) is 0 Å². The molecule has 3 nitrogen and oxygen atoms in total. The minimum Gasteiger partial charge on any atom is -0.301 e. The summed E-state index contributed by atoms with van der Waals surface area (Å²) in [5, 5.41) is 0. The summed E-state index contributed by atoms with van der Waals surface area (Å²) < 4.78 is 0. The van der Waals surface area contributed by atoms with Gasteiger partial charge in [-0.2, -0.15) is 0 Å². The van der Waals surface area contributed by atoms with Gasteiger partial charge in [-0.3, -0.25) is 5.84 Å². The van der Waals surface area contributed by atoms with Crippen molar-refractivity contribution in [3.8, 4) is 0 Å². The molecule has 0 aliphatic rings. The van der Waals surface area contributed by atoms with Crippen LogP contribution in [-0.4, -0.2) is 12.2 Å². The maximum absolute atomic E-state index is 10.9. The Morgan fingerprint density at radius 1 is 1.46 bits per heavy atom. The van der Waals surface area contributed by atoms with Crippen LogP contribution in [0.1, 0.15) is 5.56 Å². The Labute approximate surface area is 81.9 Å². The smallest absolute Gasteiger partial charge is 0.147 e. The predicted molar refractivity (Wildman–Crippen MR) is 52.2 cm³/mol.